The monoisotopic (exact) mass is 644 g/mol. The SMILES string of the molecule is COC(=O)[C@]12OC[C@]34[C@H]([C@@H](O)[C@@H]1O)[C@@]1(C)[C@H](O)[C@@H](O[C@@H]5O[C@H](CO)[C@@H](O)[C@H](O)[C@H]5O)C=C(C)[C@@H]1C[C@H]3OC(=O)[C@H](OC(C)=O)[C@@H]24. The number of aliphatic hydroxyl groups is 7. The highest BCUT2D eigenvalue weighted by molar-refractivity contribution is 5.87. The topological polar surface area (TPSA) is 248 Å². The summed E-state index contributed by atoms with van der Waals surface area (Å²) in [7, 11) is 1.05. The molecule has 5 fully saturated rings. The maximum atomic E-state index is 13.4. The van der Waals surface area contributed by atoms with Crippen molar-refractivity contribution in [1.82, 2.24) is 0 Å². The van der Waals surface area contributed by atoms with Gasteiger partial charge in [0.2, 0.25) is 11.7 Å². The summed E-state index contributed by atoms with van der Waals surface area (Å²) in [5.41, 5.74) is -4.57. The third-order valence-corrected chi connectivity index (χ3v) is 11.4. The molecular weight excluding hydrogens is 604 g/mol. The van der Waals surface area contributed by atoms with E-state index in [-0.39, 0.29) is 13.0 Å². The summed E-state index contributed by atoms with van der Waals surface area (Å²) >= 11 is 0. The number of aliphatic hydroxyl groups excluding tert-OH is 7. The van der Waals surface area contributed by atoms with Crippen molar-refractivity contribution in [1.29, 1.82) is 0 Å². The number of ether oxygens (including phenoxy) is 6. The van der Waals surface area contributed by atoms with Crippen molar-refractivity contribution in [2.45, 2.75) is 100 Å². The number of rotatable bonds is 5. The van der Waals surface area contributed by atoms with Crippen LogP contribution in [0.25, 0.3) is 0 Å². The van der Waals surface area contributed by atoms with E-state index in [9.17, 15) is 50.1 Å². The van der Waals surface area contributed by atoms with Gasteiger partial charge in [-0.15, -0.1) is 0 Å². The van der Waals surface area contributed by atoms with Crippen LogP contribution >= 0.6 is 0 Å². The van der Waals surface area contributed by atoms with E-state index in [0.717, 1.165) is 14.0 Å². The average molecular weight is 645 g/mol. The van der Waals surface area contributed by atoms with Gasteiger partial charge in [0.1, 0.15) is 42.7 Å². The maximum absolute atomic E-state index is 13.4. The van der Waals surface area contributed by atoms with E-state index < -0.39 is 126 Å². The lowest BCUT2D eigenvalue weighted by Crippen LogP contribution is -2.80. The Bertz CT molecular complexity index is 1270. The molecule has 0 aromatic rings. The molecule has 0 aromatic heterocycles. The van der Waals surface area contributed by atoms with Crippen LogP contribution in [-0.4, -0.2) is 147 Å². The van der Waals surface area contributed by atoms with E-state index in [0.29, 0.717) is 5.57 Å². The summed E-state index contributed by atoms with van der Waals surface area (Å²) in [4.78, 5) is 39.0. The standard InChI is InChI=1S/C29H40O16/c1-9-5-12(43-25-17(34)16(33)15(32)13(7-30)44-25)22(36)27(3)11(9)6-14-28-8-41-29(26(39)40-4,23(37)18(35)20(27)28)21(28)19(24(38)45-14)42-10(2)31/h5,11-23,25,30,32-37H,6-8H2,1-4H3/t11-,12-,13+,14+,15+,16-,17+,18+,19+,20+,21+,22+,23-,25+,27-,28+,29+/m0/s1. The largest absolute Gasteiger partial charge is 0.467 e. The molecule has 2 bridgehead atoms. The lowest BCUT2D eigenvalue weighted by atomic mass is 9.37. The van der Waals surface area contributed by atoms with Crippen LogP contribution in [0.1, 0.15) is 27.2 Å². The normalized spacial score (nSPS) is 53.4. The van der Waals surface area contributed by atoms with Crippen LogP contribution in [0, 0.1) is 28.6 Å². The number of fused-ring (bicyclic) bond motifs is 2. The van der Waals surface area contributed by atoms with E-state index in [4.69, 9.17) is 28.4 Å². The van der Waals surface area contributed by atoms with Crippen molar-refractivity contribution in [2.24, 2.45) is 28.6 Å². The first-order chi connectivity index (χ1) is 21.1. The number of allylic oxidation sites excluding steroid dienone is 1. The molecule has 3 aliphatic carbocycles. The molecule has 3 saturated heterocycles. The summed E-state index contributed by atoms with van der Waals surface area (Å²) in [5, 5.41) is 76.5. The lowest BCUT2D eigenvalue weighted by Gasteiger charge is -2.68. The van der Waals surface area contributed by atoms with Crippen molar-refractivity contribution >= 4 is 17.9 Å². The fraction of sp³-hybridized carbons (Fsp3) is 0.828. The molecule has 16 heteroatoms. The third-order valence-electron chi connectivity index (χ3n) is 11.4. The molecule has 45 heavy (non-hydrogen) atoms. The summed E-state index contributed by atoms with van der Waals surface area (Å²) < 4.78 is 33.9. The minimum absolute atomic E-state index is 0.0949. The fourth-order valence-corrected chi connectivity index (χ4v) is 9.58. The molecule has 0 unspecified atom stereocenters. The molecule has 252 valence electrons. The van der Waals surface area contributed by atoms with E-state index in [1.54, 1.807) is 19.9 Å². The van der Waals surface area contributed by atoms with Crippen LogP contribution in [0.5, 0.6) is 0 Å². The van der Waals surface area contributed by atoms with Crippen LogP contribution < -0.4 is 0 Å². The minimum atomic E-state index is -2.32. The summed E-state index contributed by atoms with van der Waals surface area (Å²) in [5.74, 6) is -6.04. The van der Waals surface area contributed by atoms with Gasteiger partial charge in [-0.1, -0.05) is 18.6 Å². The molecule has 7 N–H and O–H groups in total. The quantitative estimate of drug-likeness (QED) is 0.0863. The predicted molar refractivity (Wildman–Crippen MR) is 142 cm³/mol. The highest BCUT2D eigenvalue weighted by Gasteiger charge is 2.85. The maximum Gasteiger partial charge on any atom is 0.348 e. The second-order valence-electron chi connectivity index (χ2n) is 13.3. The molecule has 2 saturated carbocycles. The number of hydrogen-bond donors (Lipinski definition) is 7. The first kappa shape index (κ1) is 32.7. The van der Waals surface area contributed by atoms with Crippen LogP contribution in [-0.2, 0) is 42.8 Å². The first-order valence-electron chi connectivity index (χ1n) is 14.9. The zero-order valence-corrected chi connectivity index (χ0v) is 25.1. The van der Waals surface area contributed by atoms with Crippen molar-refractivity contribution in [3.8, 4) is 0 Å². The van der Waals surface area contributed by atoms with E-state index >= 15 is 0 Å². The second kappa shape index (κ2) is 10.9. The van der Waals surface area contributed by atoms with E-state index in [1.807, 2.05) is 0 Å². The van der Waals surface area contributed by atoms with Gasteiger partial charge in [0.05, 0.1) is 38.4 Å². The molecular formula is C29H40O16. The highest BCUT2D eigenvalue weighted by atomic mass is 16.7. The molecule has 3 aliphatic heterocycles. The van der Waals surface area contributed by atoms with Gasteiger partial charge in [-0.3, -0.25) is 4.79 Å². The summed E-state index contributed by atoms with van der Waals surface area (Å²) in [6.07, 6.45) is -15.6. The van der Waals surface area contributed by atoms with Gasteiger partial charge in [-0.05, 0) is 19.3 Å². The molecule has 6 aliphatic rings. The van der Waals surface area contributed by atoms with Gasteiger partial charge in [0.25, 0.3) is 0 Å². The lowest BCUT2D eigenvalue weighted by molar-refractivity contribution is -0.330. The molecule has 6 rings (SSSR count). The molecule has 16 nitrogen and oxygen atoms in total. The highest BCUT2D eigenvalue weighted by Crippen LogP contribution is 2.72. The smallest absolute Gasteiger partial charge is 0.348 e. The molecule has 0 radical (unpaired) electrons. The number of esters is 3. The fourth-order valence-electron chi connectivity index (χ4n) is 9.58. The third kappa shape index (κ3) is 4.11. The van der Waals surface area contributed by atoms with E-state index in [2.05, 4.69) is 0 Å². The van der Waals surface area contributed by atoms with Gasteiger partial charge in [-0.2, -0.15) is 0 Å². The van der Waals surface area contributed by atoms with Crippen LogP contribution in [0.2, 0.25) is 0 Å². The average Bonchev–Trinajstić information content (AvgIpc) is 3.30. The Labute approximate surface area is 257 Å². The van der Waals surface area contributed by atoms with Gasteiger partial charge in [0.15, 0.2) is 6.29 Å². The van der Waals surface area contributed by atoms with Crippen LogP contribution in [0.15, 0.2) is 11.6 Å². The summed E-state index contributed by atoms with van der Waals surface area (Å²) in [6.45, 7) is 3.42. The molecule has 3 heterocycles. The van der Waals surface area contributed by atoms with Gasteiger partial charge in [0, 0.05) is 23.7 Å². The van der Waals surface area contributed by atoms with E-state index in [1.165, 1.54) is 0 Å². The Morgan fingerprint density at radius 2 is 1.71 bits per heavy atom. The number of hydrogen-bond acceptors (Lipinski definition) is 16. The Morgan fingerprint density at radius 1 is 1.02 bits per heavy atom. The first-order valence-corrected chi connectivity index (χ1v) is 14.9. The molecule has 17 atom stereocenters. The van der Waals surface area contributed by atoms with Gasteiger partial charge in [-0.25, -0.2) is 9.59 Å². The molecule has 0 aromatic carbocycles. The van der Waals surface area contributed by atoms with Crippen LogP contribution in [0.4, 0.5) is 0 Å². The number of carbonyl (C=O) groups excluding carboxylic acids is 3. The second-order valence-corrected chi connectivity index (χ2v) is 13.3. The predicted octanol–water partition coefficient (Wildman–Crippen LogP) is -3.73. The van der Waals surface area contributed by atoms with Gasteiger partial charge >= 0.3 is 17.9 Å². The minimum Gasteiger partial charge on any atom is -0.467 e. The Kier molecular flexibility index (Phi) is 7.92. The van der Waals surface area contributed by atoms with Crippen molar-refractivity contribution < 1.29 is 78.6 Å². The summed E-state index contributed by atoms with van der Waals surface area (Å²) in [6, 6.07) is 0. The van der Waals surface area contributed by atoms with Crippen molar-refractivity contribution in [2.75, 3.05) is 20.3 Å². The zero-order chi connectivity index (χ0) is 33.0. The molecule has 1 spiro atoms. The molecule has 0 amide bonds. The van der Waals surface area contributed by atoms with Crippen LogP contribution in [0.3, 0.4) is 0 Å². The Balaban J connectivity index is 1.46. The Hall–Kier alpha value is -2.25. The Morgan fingerprint density at radius 3 is 2.33 bits per heavy atom. The zero-order valence-electron chi connectivity index (χ0n) is 25.1. The number of carbonyl (C=O) groups is 3. The van der Waals surface area contributed by atoms with Crippen molar-refractivity contribution in [3.63, 3.8) is 0 Å². The van der Waals surface area contributed by atoms with Crippen molar-refractivity contribution in [3.05, 3.63) is 11.6 Å². The van der Waals surface area contributed by atoms with Gasteiger partial charge < -0.3 is 64.2 Å². The number of methoxy groups -OCH3 is 1.